The number of benzene rings is 5. The number of carbonyl (C=O) groups is 1. The third-order valence-corrected chi connectivity index (χ3v) is 9.81. The standard InChI is InChI=1S/C32H17N8.C7H6O3.Co/c1-2-10-18-17(9-1)25-33-26(18)38-28-21-13-5-6-14-22(21)30(35-28)40-32-24-16-8-7-15-23(24)31(36-32)39-29-20-12-4-3-11-19(20)27(34-29)37-25;8-6-3-1-5(2-4-6)7(9)10;/h1-15H,(H2,33,34,35,36,37,38,39,40);1-4,8H,(H,9,10);/q;;+1/p-1. The first kappa shape index (κ1) is 29.2. The van der Waals surface area contributed by atoms with Crippen molar-refractivity contribution < 1.29 is 28.8 Å². The molecule has 12 heteroatoms. The van der Waals surface area contributed by atoms with E-state index in [-0.39, 0.29) is 5.56 Å². The predicted molar refractivity (Wildman–Crippen MR) is 190 cm³/mol. The van der Waals surface area contributed by atoms with Gasteiger partial charge in [-0.25, -0.2) is 0 Å². The van der Waals surface area contributed by atoms with Gasteiger partial charge in [0.15, 0.2) is 0 Å². The maximum atomic E-state index is 11.4. The third-order valence-electron chi connectivity index (χ3n) is 8.80. The van der Waals surface area contributed by atoms with Crippen LogP contribution in [0.5, 0.6) is 5.75 Å². The third kappa shape index (κ3) is 4.84. The van der Waals surface area contributed by atoms with Crippen LogP contribution in [0.3, 0.4) is 0 Å². The van der Waals surface area contributed by atoms with E-state index in [1.54, 1.807) is 12.1 Å². The van der Waals surface area contributed by atoms with Gasteiger partial charge in [-0.3, -0.25) is 0 Å². The van der Waals surface area contributed by atoms with Crippen LogP contribution in [-0.2, 0) is 15.0 Å². The monoisotopic (exact) mass is 709 g/mol. The molecule has 0 aliphatic carbocycles. The Balaban J connectivity index is 1.28. The second-order valence-corrected chi connectivity index (χ2v) is 12.8. The zero-order valence-electron chi connectivity index (χ0n) is 26.2. The van der Waals surface area contributed by atoms with Gasteiger partial charge in [-0.15, -0.1) is 0 Å². The Morgan fingerprint density at radius 3 is 1.49 bits per heavy atom. The molecule has 8 bridgehead atoms. The van der Waals surface area contributed by atoms with Gasteiger partial charge in [0.25, 0.3) is 0 Å². The molecule has 245 valence electrons. The van der Waals surface area contributed by atoms with Crippen molar-refractivity contribution in [2.75, 3.05) is 0 Å². The van der Waals surface area contributed by atoms with E-state index in [0.29, 0.717) is 66.7 Å². The number of hydrogen-bond donors (Lipinski definition) is 3. The van der Waals surface area contributed by atoms with Crippen LogP contribution in [0.25, 0.3) is 89.7 Å². The van der Waals surface area contributed by atoms with Gasteiger partial charge < -0.3 is 0 Å². The fourth-order valence-electron chi connectivity index (χ4n) is 6.41. The normalized spacial score (nSPS) is 11.8. The minimum atomic E-state index is -0.997. The van der Waals surface area contributed by atoms with Crippen LogP contribution in [0.15, 0.2) is 115 Å². The number of aromatic carboxylic acids is 1. The van der Waals surface area contributed by atoms with Gasteiger partial charge in [-0.05, 0) is 0 Å². The molecule has 0 saturated carbocycles. The molecule has 0 spiro atoms. The Morgan fingerprint density at radius 2 is 0.961 bits per heavy atom. The van der Waals surface area contributed by atoms with Crippen molar-refractivity contribution >= 4 is 54.6 Å². The molecule has 2 aliphatic heterocycles. The summed E-state index contributed by atoms with van der Waals surface area (Å²) in [7, 11) is 0. The minimum absolute atomic E-state index is 0.184. The van der Waals surface area contributed by atoms with Crippen molar-refractivity contribution in [3.8, 4) is 51.3 Å². The van der Waals surface area contributed by atoms with E-state index < -0.39 is 5.97 Å². The summed E-state index contributed by atoms with van der Waals surface area (Å²) in [5.41, 5.74) is 6.01. The van der Waals surface area contributed by atoms with Crippen LogP contribution in [0.2, 0.25) is 0 Å². The predicted octanol–water partition coefficient (Wildman–Crippen LogP) is 7.27. The number of fused-ring (bicyclic) bond motifs is 20. The van der Waals surface area contributed by atoms with Gasteiger partial charge in [0.1, 0.15) is 0 Å². The van der Waals surface area contributed by atoms with Gasteiger partial charge in [0.05, 0.1) is 0 Å². The molecule has 3 aromatic heterocycles. The van der Waals surface area contributed by atoms with Gasteiger partial charge >= 0.3 is 289 Å². The molecule has 51 heavy (non-hydrogen) atoms. The molecule has 5 heterocycles. The first-order valence-electron chi connectivity index (χ1n) is 15.9. The molecule has 0 atom stereocenters. The van der Waals surface area contributed by atoms with Crippen LogP contribution in [-0.4, -0.2) is 50.9 Å². The average molecular weight is 710 g/mol. The van der Waals surface area contributed by atoms with E-state index in [1.165, 1.54) is 12.1 Å². The first-order valence-corrected chi connectivity index (χ1v) is 16.9. The van der Waals surface area contributed by atoms with Crippen LogP contribution in [0.4, 0.5) is 0 Å². The maximum absolute atomic E-state index is 11.4. The van der Waals surface area contributed by atoms with Gasteiger partial charge in [-0.1, -0.05) is 6.07 Å². The molecule has 0 fully saturated rings. The van der Waals surface area contributed by atoms with Crippen LogP contribution < -0.4 is 8.35 Å². The number of aromatic nitrogens is 8. The SMILES string of the molecule is O=C(O)c1ccc([O][Co][c]2cccc3c4nc5nc(nc6[nH]c(nc7nc(nc([nH]4)c23)-c2ccccc2-7)c2ccccc62)-c2ccccc2-5)cc1. The second kappa shape index (κ2) is 11.4. The molecule has 5 aromatic carbocycles. The van der Waals surface area contributed by atoms with Crippen LogP contribution in [0, 0.1) is 0 Å². The molecule has 8 aromatic rings. The summed E-state index contributed by atoms with van der Waals surface area (Å²) in [6.45, 7) is 0. The zero-order chi connectivity index (χ0) is 34.1. The van der Waals surface area contributed by atoms with Crippen LogP contribution >= 0.6 is 0 Å². The summed E-state index contributed by atoms with van der Waals surface area (Å²) in [4.78, 5) is 48.6. The van der Waals surface area contributed by atoms with Gasteiger partial charge in [0, 0.05) is 0 Å². The summed E-state index contributed by atoms with van der Waals surface area (Å²) in [6, 6.07) is 36.0. The Kier molecular flexibility index (Phi) is 6.53. The Hall–Kier alpha value is -6.76. The van der Waals surface area contributed by atoms with Crippen molar-refractivity contribution in [1.29, 1.82) is 0 Å². The molecule has 0 saturated heterocycles. The fraction of sp³-hybridized carbons (Fsp3) is 0. The molecule has 11 nitrogen and oxygen atoms in total. The second-order valence-electron chi connectivity index (χ2n) is 11.9. The Morgan fingerprint density at radius 1 is 0.510 bits per heavy atom. The van der Waals surface area contributed by atoms with Crippen molar-refractivity contribution in [1.82, 2.24) is 39.9 Å². The van der Waals surface area contributed by atoms with E-state index in [1.807, 2.05) is 91.0 Å². The number of carboxylic acids is 1. The molecular formula is C39H22CoN8O3. The molecule has 2 aliphatic rings. The molecular weight excluding hydrogens is 687 g/mol. The number of H-pyrrole nitrogens is 2. The number of rotatable bonds is 4. The summed E-state index contributed by atoms with van der Waals surface area (Å²) in [5.74, 6) is 1.62. The van der Waals surface area contributed by atoms with Crippen molar-refractivity contribution in [2.24, 2.45) is 0 Å². The van der Waals surface area contributed by atoms with E-state index in [0.717, 1.165) is 48.3 Å². The van der Waals surface area contributed by atoms with Crippen LogP contribution in [0.1, 0.15) is 10.4 Å². The quantitative estimate of drug-likeness (QED) is 0.171. The van der Waals surface area contributed by atoms with E-state index in [9.17, 15) is 9.90 Å². The molecule has 0 amide bonds. The zero-order valence-corrected chi connectivity index (χ0v) is 27.3. The molecule has 10 rings (SSSR count). The summed E-state index contributed by atoms with van der Waals surface area (Å²) in [5, 5.41) is 12.8. The number of nitrogens with zero attached hydrogens (tertiary/aromatic N) is 6. The van der Waals surface area contributed by atoms with E-state index in [4.69, 9.17) is 33.8 Å². The van der Waals surface area contributed by atoms with Gasteiger partial charge in [0.2, 0.25) is 0 Å². The van der Waals surface area contributed by atoms with Gasteiger partial charge in [-0.2, -0.15) is 0 Å². The number of hydrogen-bond acceptors (Lipinski definition) is 8. The Labute approximate surface area is 294 Å². The number of aromatic amines is 2. The number of nitrogens with one attached hydrogen (secondary N) is 2. The van der Waals surface area contributed by atoms with Crippen molar-refractivity contribution in [3.63, 3.8) is 0 Å². The fourth-order valence-corrected chi connectivity index (χ4v) is 7.33. The number of carboxylic acid groups (broad SMARTS) is 1. The molecule has 3 N–H and O–H groups in total. The molecule has 0 unspecified atom stereocenters. The van der Waals surface area contributed by atoms with Crippen molar-refractivity contribution in [2.45, 2.75) is 0 Å². The topological polar surface area (TPSA) is 155 Å². The Bertz CT molecular complexity index is 2920. The first-order chi connectivity index (χ1) is 25.1. The molecule has 0 radical (unpaired) electrons. The summed E-state index contributed by atoms with van der Waals surface area (Å²) < 4.78 is 6.96. The van der Waals surface area contributed by atoms with Crippen molar-refractivity contribution in [3.05, 3.63) is 121 Å². The van der Waals surface area contributed by atoms with E-state index >= 15 is 0 Å². The summed E-state index contributed by atoms with van der Waals surface area (Å²) >= 11 is 0.552. The average Bonchev–Trinajstić information content (AvgIpc) is 3.90. The summed E-state index contributed by atoms with van der Waals surface area (Å²) in [6.07, 6.45) is 0. The van der Waals surface area contributed by atoms with E-state index in [2.05, 4.69) is 9.97 Å².